The number of hydrazone groups is 1. The molecule has 27 heavy (non-hydrogen) atoms. The minimum absolute atomic E-state index is 0.0744. The van der Waals surface area contributed by atoms with Crippen molar-refractivity contribution >= 4 is 40.2 Å². The topological polar surface area (TPSA) is 83.0 Å². The van der Waals surface area contributed by atoms with Gasteiger partial charge in [0.2, 0.25) is 0 Å². The van der Waals surface area contributed by atoms with Crippen LogP contribution < -0.4 is 15.5 Å². The molecule has 0 saturated carbocycles. The highest BCUT2D eigenvalue weighted by molar-refractivity contribution is 6.32. The largest absolute Gasteiger partial charge is 0.503 e. The molecular formula is C20H18ClN3O3. The summed E-state index contributed by atoms with van der Waals surface area (Å²) in [5.41, 5.74) is 3.90. The summed E-state index contributed by atoms with van der Waals surface area (Å²) in [7, 11) is 1.42. The number of nitrogens with one attached hydrogen (secondary N) is 2. The maximum atomic E-state index is 12.0. The molecule has 6 nitrogen and oxygen atoms in total. The van der Waals surface area contributed by atoms with E-state index >= 15 is 0 Å². The third-order valence-corrected chi connectivity index (χ3v) is 4.19. The number of methoxy groups -OCH3 is 1. The molecule has 3 aromatic rings. The fraction of sp³-hybridized carbons (Fsp3) is 0.100. The van der Waals surface area contributed by atoms with Crippen molar-refractivity contribution in [3.8, 4) is 11.5 Å². The first-order chi connectivity index (χ1) is 13.1. The predicted octanol–water partition coefficient (Wildman–Crippen LogP) is 3.77. The van der Waals surface area contributed by atoms with Crippen LogP contribution in [0.4, 0.5) is 5.69 Å². The first kappa shape index (κ1) is 18.5. The molecule has 1 amide bonds. The Morgan fingerprint density at radius 2 is 2.00 bits per heavy atom. The Labute approximate surface area is 161 Å². The van der Waals surface area contributed by atoms with E-state index in [-0.39, 0.29) is 29.0 Å². The van der Waals surface area contributed by atoms with E-state index < -0.39 is 0 Å². The van der Waals surface area contributed by atoms with E-state index in [4.69, 9.17) is 16.3 Å². The lowest BCUT2D eigenvalue weighted by Crippen LogP contribution is -2.25. The van der Waals surface area contributed by atoms with Crippen LogP contribution >= 0.6 is 11.6 Å². The highest BCUT2D eigenvalue weighted by Crippen LogP contribution is 2.34. The van der Waals surface area contributed by atoms with Gasteiger partial charge in [0.25, 0.3) is 5.91 Å². The summed E-state index contributed by atoms with van der Waals surface area (Å²) in [5, 5.41) is 19.0. The Hall–Kier alpha value is -3.25. The molecule has 0 aliphatic rings. The van der Waals surface area contributed by atoms with Crippen LogP contribution in [0.3, 0.4) is 0 Å². The van der Waals surface area contributed by atoms with Crippen molar-refractivity contribution in [1.82, 2.24) is 5.43 Å². The van der Waals surface area contributed by atoms with Gasteiger partial charge in [-0.15, -0.1) is 0 Å². The first-order valence-corrected chi connectivity index (χ1v) is 8.56. The highest BCUT2D eigenvalue weighted by Gasteiger charge is 2.08. The molecule has 3 rings (SSSR count). The van der Waals surface area contributed by atoms with E-state index in [0.29, 0.717) is 5.56 Å². The molecule has 138 valence electrons. The molecule has 0 aliphatic carbocycles. The number of rotatable bonds is 6. The average Bonchev–Trinajstić information content (AvgIpc) is 2.68. The molecule has 0 saturated heterocycles. The van der Waals surface area contributed by atoms with E-state index in [1.54, 1.807) is 6.07 Å². The summed E-state index contributed by atoms with van der Waals surface area (Å²) in [6, 6.07) is 16.9. The second-order valence-electron chi connectivity index (χ2n) is 5.73. The van der Waals surface area contributed by atoms with E-state index in [2.05, 4.69) is 15.8 Å². The van der Waals surface area contributed by atoms with Gasteiger partial charge in [-0.2, -0.15) is 5.10 Å². The zero-order valence-corrected chi connectivity index (χ0v) is 15.3. The monoisotopic (exact) mass is 383 g/mol. The number of hydrogen-bond acceptors (Lipinski definition) is 5. The van der Waals surface area contributed by atoms with Gasteiger partial charge >= 0.3 is 0 Å². The molecule has 0 aromatic heterocycles. The third kappa shape index (κ3) is 4.48. The number of phenolic OH excluding ortho intramolecular Hbond substituents is 1. The van der Waals surface area contributed by atoms with Crippen LogP contribution in [0.2, 0.25) is 5.02 Å². The number of amides is 1. The lowest BCUT2D eigenvalue weighted by atomic mass is 10.1. The van der Waals surface area contributed by atoms with Gasteiger partial charge in [-0.3, -0.25) is 4.79 Å². The molecule has 0 unspecified atom stereocenters. The number of nitrogens with zero attached hydrogens (tertiary/aromatic N) is 1. The molecule has 0 heterocycles. The zero-order chi connectivity index (χ0) is 19.2. The number of halogens is 1. The molecule has 0 aliphatic heterocycles. The Morgan fingerprint density at radius 1 is 1.22 bits per heavy atom. The van der Waals surface area contributed by atoms with Crippen LogP contribution in [-0.4, -0.2) is 30.9 Å². The SMILES string of the molecule is COc1cc(/C=N\NC(=O)CNc2cccc3ccccc23)cc(Cl)c1O. The molecule has 0 spiro atoms. The van der Waals surface area contributed by atoms with Crippen LogP contribution in [0.25, 0.3) is 10.8 Å². The number of anilines is 1. The molecule has 0 bridgehead atoms. The van der Waals surface area contributed by atoms with Gasteiger partial charge in [-0.1, -0.05) is 48.0 Å². The molecule has 0 atom stereocenters. The van der Waals surface area contributed by atoms with Gasteiger partial charge in [0.05, 0.1) is 24.9 Å². The van der Waals surface area contributed by atoms with Gasteiger partial charge in [0, 0.05) is 11.1 Å². The van der Waals surface area contributed by atoms with Gasteiger partial charge in [0.15, 0.2) is 11.5 Å². The zero-order valence-electron chi connectivity index (χ0n) is 14.6. The summed E-state index contributed by atoms with van der Waals surface area (Å²) in [4.78, 5) is 12.0. The summed E-state index contributed by atoms with van der Waals surface area (Å²) < 4.78 is 5.02. The molecular weight excluding hydrogens is 366 g/mol. The molecule has 7 heteroatoms. The van der Waals surface area contributed by atoms with Crippen molar-refractivity contribution in [2.75, 3.05) is 19.0 Å². The van der Waals surface area contributed by atoms with Crippen LogP contribution in [0.5, 0.6) is 11.5 Å². The molecule has 3 aromatic carbocycles. The number of fused-ring (bicyclic) bond motifs is 1. The average molecular weight is 384 g/mol. The van der Waals surface area contributed by atoms with Crippen molar-refractivity contribution in [3.63, 3.8) is 0 Å². The van der Waals surface area contributed by atoms with Crippen molar-refractivity contribution in [3.05, 3.63) is 65.2 Å². The lowest BCUT2D eigenvalue weighted by Gasteiger charge is -2.09. The maximum absolute atomic E-state index is 12.0. The number of ether oxygens (including phenoxy) is 1. The maximum Gasteiger partial charge on any atom is 0.259 e. The number of aromatic hydroxyl groups is 1. The first-order valence-electron chi connectivity index (χ1n) is 8.18. The van der Waals surface area contributed by atoms with Gasteiger partial charge in [-0.25, -0.2) is 5.43 Å². The Morgan fingerprint density at radius 3 is 2.81 bits per heavy atom. The van der Waals surface area contributed by atoms with Crippen LogP contribution in [0.15, 0.2) is 59.7 Å². The molecule has 0 radical (unpaired) electrons. The van der Waals surface area contributed by atoms with Gasteiger partial charge < -0.3 is 15.2 Å². The van der Waals surface area contributed by atoms with Crippen molar-refractivity contribution < 1.29 is 14.6 Å². The van der Waals surface area contributed by atoms with Crippen LogP contribution in [-0.2, 0) is 4.79 Å². The Kier molecular flexibility index (Phi) is 5.78. The van der Waals surface area contributed by atoms with E-state index in [1.165, 1.54) is 19.4 Å². The van der Waals surface area contributed by atoms with Crippen molar-refractivity contribution in [2.24, 2.45) is 5.10 Å². The van der Waals surface area contributed by atoms with E-state index in [1.807, 2.05) is 42.5 Å². The Bertz CT molecular complexity index is 1000. The lowest BCUT2D eigenvalue weighted by molar-refractivity contribution is -0.119. The predicted molar refractivity (Wildman–Crippen MR) is 108 cm³/mol. The Balaban J connectivity index is 1.60. The van der Waals surface area contributed by atoms with E-state index in [0.717, 1.165) is 16.5 Å². The fourth-order valence-corrected chi connectivity index (χ4v) is 2.82. The third-order valence-electron chi connectivity index (χ3n) is 3.90. The standard InChI is InChI=1S/C20H18ClN3O3/c1-27-18-10-13(9-16(21)20(18)26)11-23-24-19(25)12-22-17-8-4-6-14-5-2-3-7-15(14)17/h2-11,22,26H,12H2,1H3,(H,24,25)/b23-11-. The highest BCUT2D eigenvalue weighted by atomic mass is 35.5. The number of phenols is 1. The number of benzene rings is 3. The van der Waals surface area contributed by atoms with E-state index in [9.17, 15) is 9.90 Å². The smallest absolute Gasteiger partial charge is 0.259 e. The normalized spacial score (nSPS) is 10.9. The number of carbonyl (C=O) groups excluding carboxylic acids is 1. The molecule has 0 fully saturated rings. The van der Waals surface area contributed by atoms with Crippen molar-refractivity contribution in [1.29, 1.82) is 0 Å². The second kappa shape index (κ2) is 8.42. The van der Waals surface area contributed by atoms with Gasteiger partial charge in [0.1, 0.15) is 0 Å². The van der Waals surface area contributed by atoms with Crippen LogP contribution in [0.1, 0.15) is 5.56 Å². The summed E-state index contributed by atoms with van der Waals surface area (Å²) in [6.07, 6.45) is 1.42. The van der Waals surface area contributed by atoms with Crippen molar-refractivity contribution in [2.45, 2.75) is 0 Å². The summed E-state index contributed by atoms with van der Waals surface area (Å²) in [6.45, 7) is 0.0744. The molecule has 3 N–H and O–H groups in total. The summed E-state index contributed by atoms with van der Waals surface area (Å²) in [5.74, 6) is -0.205. The minimum atomic E-state index is -0.295. The second-order valence-corrected chi connectivity index (χ2v) is 6.13. The number of hydrogen-bond donors (Lipinski definition) is 3. The van der Waals surface area contributed by atoms with Crippen LogP contribution in [0, 0.1) is 0 Å². The minimum Gasteiger partial charge on any atom is -0.503 e. The quantitative estimate of drug-likeness (QED) is 0.447. The van der Waals surface area contributed by atoms with Gasteiger partial charge in [-0.05, 0) is 29.1 Å². The number of carbonyl (C=O) groups is 1. The fourth-order valence-electron chi connectivity index (χ4n) is 2.60. The summed E-state index contributed by atoms with van der Waals surface area (Å²) >= 11 is 5.92.